The van der Waals surface area contributed by atoms with E-state index < -0.39 is 35.5 Å². The van der Waals surface area contributed by atoms with Gasteiger partial charge in [-0.1, -0.05) is 18.2 Å². The fourth-order valence-electron chi connectivity index (χ4n) is 2.86. The quantitative estimate of drug-likeness (QED) is 0.718. The van der Waals surface area contributed by atoms with E-state index in [1.807, 2.05) is 24.3 Å². The second-order valence-corrected chi connectivity index (χ2v) is 7.51. The second-order valence-electron chi connectivity index (χ2n) is 6.26. The van der Waals surface area contributed by atoms with Crippen LogP contribution in [0.25, 0.3) is 0 Å². The molecule has 1 aliphatic heterocycles. The van der Waals surface area contributed by atoms with E-state index >= 15 is 0 Å². The number of anilines is 1. The largest absolute Gasteiger partial charge is 0.455 e. The predicted octanol–water partition coefficient (Wildman–Crippen LogP) is 2.29. The van der Waals surface area contributed by atoms with Gasteiger partial charge in [0.25, 0.3) is 5.91 Å². The summed E-state index contributed by atoms with van der Waals surface area (Å²) in [7, 11) is 0. The number of nitrogens with zero attached hydrogens (tertiary/aromatic N) is 1. The Kier molecular flexibility index (Phi) is 6.30. The molecule has 0 fully saturated rings. The van der Waals surface area contributed by atoms with Crippen molar-refractivity contribution in [2.45, 2.75) is 23.0 Å². The smallest absolute Gasteiger partial charge is 0.320 e. The van der Waals surface area contributed by atoms with Gasteiger partial charge in [-0.15, -0.1) is 11.8 Å². The van der Waals surface area contributed by atoms with Gasteiger partial charge in [0.1, 0.15) is 11.1 Å². The highest BCUT2D eigenvalue weighted by Gasteiger charge is 2.30. The number of thioether (sulfide) groups is 1. The molecule has 0 aromatic heterocycles. The van der Waals surface area contributed by atoms with Crippen molar-refractivity contribution in [1.82, 2.24) is 0 Å². The van der Waals surface area contributed by atoms with E-state index in [0.29, 0.717) is 12.1 Å². The van der Waals surface area contributed by atoms with E-state index in [9.17, 15) is 18.8 Å². The number of rotatable bonds is 7. The van der Waals surface area contributed by atoms with Gasteiger partial charge >= 0.3 is 5.97 Å². The number of primary amides is 1. The van der Waals surface area contributed by atoms with Gasteiger partial charge in [0.05, 0.1) is 0 Å². The minimum absolute atomic E-state index is 0.0149. The topological polar surface area (TPSA) is 89.7 Å². The summed E-state index contributed by atoms with van der Waals surface area (Å²) < 4.78 is 18.4. The van der Waals surface area contributed by atoms with Crippen LogP contribution in [0.15, 0.2) is 53.4 Å². The fraction of sp³-hybridized carbons (Fsp3) is 0.250. The first-order valence-electron chi connectivity index (χ1n) is 8.69. The third kappa shape index (κ3) is 4.89. The van der Waals surface area contributed by atoms with Crippen LogP contribution in [0.4, 0.5) is 10.1 Å². The Bertz CT molecular complexity index is 863. The Morgan fingerprint density at radius 2 is 1.86 bits per heavy atom. The molecule has 8 heteroatoms. The molecule has 6 nitrogen and oxygen atoms in total. The Labute approximate surface area is 165 Å². The fourth-order valence-corrected chi connectivity index (χ4v) is 4.05. The first-order valence-corrected chi connectivity index (χ1v) is 9.57. The zero-order chi connectivity index (χ0) is 20.1. The third-order valence-electron chi connectivity index (χ3n) is 4.27. The Balaban J connectivity index is 1.61. The van der Waals surface area contributed by atoms with Crippen LogP contribution in [0.2, 0.25) is 0 Å². The average Bonchev–Trinajstić information content (AvgIpc) is 3.11. The number of carbonyl (C=O) groups is 3. The summed E-state index contributed by atoms with van der Waals surface area (Å²) >= 11 is 1.41. The van der Waals surface area contributed by atoms with Gasteiger partial charge in [0.15, 0.2) is 6.61 Å². The maximum absolute atomic E-state index is 13.2. The molecule has 2 aromatic carbocycles. The minimum Gasteiger partial charge on any atom is -0.455 e. The van der Waals surface area contributed by atoms with Crippen LogP contribution in [0.3, 0.4) is 0 Å². The molecule has 2 aromatic rings. The lowest BCUT2D eigenvalue weighted by atomic mass is 10.1. The van der Waals surface area contributed by atoms with Gasteiger partial charge in [0.2, 0.25) is 5.91 Å². The van der Waals surface area contributed by atoms with Gasteiger partial charge in [-0.2, -0.15) is 0 Å². The number of esters is 1. The molecular weight excluding hydrogens is 383 g/mol. The molecule has 1 unspecified atom stereocenters. The maximum atomic E-state index is 13.2. The van der Waals surface area contributed by atoms with Crippen molar-refractivity contribution in [2.75, 3.05) is 18.1 Å². The van der Waals surface area contributed by atoms with Gasteiger partial charge < -0.3 is 15.4 Å². The van der Waals surface area contributed by atoms with Crippen molar-refractivity contribution in [3.05, 3.63) is 59.9 Å². The van der Waals surface area contributed by atoms with Gasteiger partial charge in [-0.25, -0.2) is 4.39 Å². The van der Waals surface area contributed by atoms with Crippen LogP contribution in [0.5, 0.6) is 0 Å². The van der Waals surface area contributed by atoms with Crippen molar-refractivity contribution < 1.29 is 23.5 Å². The summed E-state index contributed by atoms with van der Waals surface area (Å²) in [5.41, 5.74) is 6.64. The SMILES string of the molecule is NC(=O)CCN(C(=O)COC(=O)C1Cc2ccccc2S1)c1ccc(F)cc1. The van der Waals surface area contributed by atoms with Crippen molar-refractivity contribution in [2.24, 2.45) is 5.73 Å². The summed E-state index contributed by atoms with van der Waals surface area (Å²) in [4.78, 5) is 38.3. The minimum atomic E-state index is -0.572. The van der Waals surface area contributed by atoms with Crippen molar-refractivity contribution in [1.29, 1.82) is 0 Å². The molecule has 3 rings (SSSR count). The lowest BCUT2D eigenvalue weighted by molar-refractivity contribution is -0.147. The van der Waals surface area contributed by atoms with Crippen molar-refractivity contribution in [3.8, 4) is 0 Å². The summed E-state index contributed by atoms with van der Waals surface area (Å²) in [6, 6.07) is 13.0. The van der Waals surface area contributed by atoms with Crippen LogP contribution in [0, 0.1) is 5.82 Å². The summed E-state index contributed by atoms with van der Waals surface area (Å²) in [6.45, 7) is -0.455. The van der Waals surface area contributed by atoms with E-state index in [1.54, 1.807) is 0 Å². The highest BCUT2D eigenvalue weighted by Crippen LogP contribution is 2.37. The molecule has 0 bridgehead atoms. The molecule has 1 aliphatic rings. The van der Waals surface area contributed by atoms with Gasteiger partial charge in [0, 0.05) is 23.5 Å². The third-order valence-corrected chi connectivity index (χ3v) is 5.56. The lowest BCUT2D eigenvalue weighted by Gasteiger charge is -2.22. The molecule has 1 atom stereocenters. The number of halogens is 1. The molecule has 0 saturated carbocycles. The van der Waals surface area contributed by atoms with Crippen LogP contribution >= 0.6 is 11.8 Å². The summed E-state index contributed by atoms with van der Waals surface area (Å²) in [5, 5.41) is -0.393. The predicted molar refractivity (Wildman–Crippen MR) is 103 cm³/mol. The van der Waals surface area contributed by atoms with Crippen LogP contribution in [-0.4, -0.2) is 36.2 Å². The van der Waals surface area contributed by atoms with Crippen LogP contribution < -0.4 is 10.6 Å². The zero-order valence-corrected chi connectivity index (χ0v) is 15.8. The molecule has 28 heavy (non-hydrogen) atoms. The molecule has 0 radical (unpaired) electrons. The van der Waals surface area contributed by atoms with E-state index in [2.05, 4.69) is 0 Å². The Morgan fingerprint density at radius 1 is 1.14 bits per heavy atom. The number of amides is 2. The first-order chi connectivity index (χ1) is 13.4. The summed E-state index contributed by atoms with van der Waals surface area (Å²) in [6.07, 6.45) is 0.488. The molecular formula is C20H19FN2O4S. The van der Waals surface area contributed by atoms with Crippen LogP contribution in [-0.2, 0) is 25.5 Å². The molecule has 0 saturated heterocycles. The Morgan fingerprint density at radius 3 is 2.54 bits per heavy atom. The Hall–Kier alpha value is -2.87. The van der Waals surface area contributed by atoms with Gasteiger partial charge in [-0.05, 0) is 42.3 Å². The monoisotopic (exact) mass is 402 g/mol. The number of hydrogen-bond acceptors (Lipinski definition) is 5. The van der Waals surface area contributed by atoms with Crippen molar-refractivity contribution >= 4 is 35.2 Å². The lowest BCUT2D eigenvalue weighted by Crippen LogP contribution is -2.38. The molecule has 2 N–H and O–H groups in total. The summed E-state index contributed by atoms with van der Waals surface area (Å²) in [5.74, 6) is -2.00. The number of carbonyl (C=O) groups excluding carboxylic acids is 3. The van der Waals surface area contributed by atoms with Gasteiger partial charge in [-0.3, -0.25) is 14.4 Å². The van der Waals surface area contributed by atoms with Crippen molar-refractivity contribution in [3.63, 3.8) is 0 Å². The number of benzene rings is 2. The second kappa shape index (κ2) is 8.88. The van der Waals surface area contributed by atoms with Crippen LogP contribution in [0.1, 0.15) is 12.0 Å². The number of fused-ring (bicyclic) bond motifs is 1. The molecule has 1 heterocycles. The zero-order valence-electron chi connectivity index (χ0n) is 15.0. The number of nitrogens with two attached hydrogens (primary N) is 1. The molecule has 0 aliphatic carbocycles. The number of hydrogen-bond donors (Lipinski definition) is 1. The first kappa shape index (κ1) is 19.9. The molecule has 0 spiro atoms. The van der Waals surface area contributed by atoms with E-state index in [-0.39, 0.29) is 13.0 Å². The number of ether oxygens (including phenoxy) is 1. The normalized spacial score (nSPS) is 15.0. The van der Waals surface area contributed by atoms with E-state index in [1.165, 1.54) is 40.9 Å². The molecule has 146 valence electrons. The maximum Gasteiger partial charge on any atom is 0.320 e. The highest BCUT2D eigenvalue weighted by atomic mass is 32.2. The van der Waals surface area contributed by atoms with E-state index in [0.717, 1.165) is 10.5 Å². The highest BCUT2D eigenvalue weighted by molar-refractivity contribution is 8.01. The molecule has 2 amide bonds. The average molecular weight is 402 g/mol. The van der Waals surface area contributed by atoms with E-state index in [4.69, 9.17) is 10.5 Å². The standard InChI is InChI=1S/C20H19FN2O4S/c21-14-5-7-15(8-6-14)23(10-9-18(22)24)19(25)12-27-20(26)17-11-13-3-1-2-4-16(13)28-17/h1-8,17H,9-12H2,(H2,22,24).